The van der Waals surface area contributed by atoms with Crippen LogP contribution in [-0.2, 0) is 116 Å². The van der Waals surface area contributed by atoms with Crippen molar-refractivity contribution in [3.8, 4) is 0 Å². The van der Waals surface area contributed by atoms with E-state index in [4.69, 9.17) is 34.2 Å². The standard InChI is InChI=1S/C81H108N13O16P3/c1-7-105-75(96)66(53-60-31-19-13-20-32-60)86-111(102,87-67(76(97)106-8-2)54-61-33-21-14-22-34-61)50-47-92(45-46-94-59-83-72-73(94)84-81(82)85-74(72)95)43-44-93(48-51-112(103,88-68(77(98)107-9-3)55-62-35-23-15-24-36-62)89-69(78(99)108-10-4)56-63-37-25-16-26-38-63)49-52-113(104,90-70(79(100)109-11-5)57-64-39-27-17-28-40-64)91-71(80(101)110-12-6)58-65-41-29-18-30-42-65/h13-42,59,66-71H,7-12,43-58H2,1-6H3,(H2,86,87,102)(H2,88,89,103)(H2,90,91,104)(H3,82,84,85,95)/t66-,67-,68-,69-,70-,71-/m0/s1. The molecule has 9 N–H and O–H groups in total. The summed E-state index contributed by atoms with van der Waals surface area (Å²) in [5.74, 6) is -4.49. The number of rotatable bonds is 51. The van der Waals surface area contributed by atoms with Crippen LogP contribution in [0.15, 0.2) is 193 Å². The Morgan fingerprint density at radius 2 is 0.611 bits per heavy atom. The minimum Gasteiger partial charge on any atom is -0.465 e. The number of aromatic amines is 1. The molecule has 0 aliphatic carbocycles. The molecule has 0 aliphatic rings. The highest BCUT2D eigenvalue weighted by Gasteiger charge is 2.40. The third-order valence-electron chi connectivity index (χ3n) is 18.4. The van der Waals surface area contributed by atoms with Gasteiger partial charge in [-0.1, -0.05) is 182 Å². The first-order valence-corrected chi connectivity index (χ1v) is 44.1. The topological polar surface area (TPSA) is 377 Å². The number of carbonyl (C=O) groups is 6. The molecule has 0 saturated heterocycles. The lowest BCUT2D eigenvalue weighted by Gasteiger charge is -2.34. The number of hydrogen-bond donors (Lipinski definition) is 8. The normalized spacial score (nSPS) is 13.5. The summed E-state index contributed by atoms with van der Waals surface area (Å²) >= 11 is 0. The summed E-state index contributed by atoms with van der Waals surface area (Å²) in [7, 11) is -13.0. The van der Waals surface area contributed by atoms with E-state index in [1.54, 1.807) is 94.6 Å². The van der Waals surface area contributed by atoms with Crippen LogP contribution >= 0.6 is 22.3 Å². The number of carbonyl (C=O) groups excluding carboxylic acids is 6. The SMILES string of the molecule is CCOC(=O)[C@H](Cc1ccccc1)NP(=O)(CCN(CCN(CCP(=O)(N[C@@H](Cc1ccccc1)C(=O)OCC)N[C@@H](Cc1ccccc1)C(=O)OCC)CCP(=O)(N[C@@H](Cc1ccccc1)C(=O)OCC)N[C@@H](Cc1ccccc1)C(=O)OCC)CCn1cnc2c(=O)[nH]c(N)nc21)N[C@@H](Cc1ccccc1)C(=O)OCC. The van der Waals surface area contributed by atoms with Gasteiger partial charge in [-0.15, -0.1) is 0 Å². The summed E-state index contributed by atoms with van der Waals surface area (Å²) in [4.78, 5) is 114. The smallest absolute Gasteiger partial charge is 0.323 e. The van der Waals surface area contributed by atoms with Gasteiger partial charge >= 0.3 is 35.8 Å². The fourth-order valence-electron chi connectivity index (χ4n) is 12.8. The average Bonchev–Trinajstić information content (AvgIpc) is 1.62. The number of anilines is 1. The number of esters is 6. The van der Waals surface area contributed by atoms with E-state index in [-0.39, 0.29) is 160 Å². The molecule has 0 unspecified atom stereocenters. The molecule has 0 fully saturated rings. The van der Waals surface area contributed by atoms with Crippen molar-refractivity contribution in [3.05, 3.63) is 232 Å². The summed E-state index contributed by atoms with van der Waals surface area (Å²) < 4.78 is 85.7. The van der Waals surface area contributed by atoms with Crippen LogP contribution in [0.4, 0.5) is 5.95 Å². The monoisotopic (exact) mass is 1610 g/mol. The van der Waals surface area contributed by atoms with E-state index in [2.05, 4.69) is 45.5 Å². The number of nitrogen functional groups attached to an aromatic ring is 1. The quantitative estimate of drug-likeness (QED) is 0.0101. The van der Waals surface area contributed by atoms with Crippen LogP contribution in [0, 0.1) is 0 Å². The van der Waals surface area contributed by atoms with Gasteiger partial charge in [-0.3, -0.25) is 57.1 Å². The van der Waals surface area contributed by atoms with E-state index in [1.807, 2.05) is 143 Å². The molecule has 32 heteroatoms. The van der Waals surface area contributed by atoms with Crippen molar-refractivity contribution < 1.29 is 70.9 Å². The molecule has 0 radical (unpaired) electrons. The van der Waals surface area contributed by atoms with Crippen LogP contribution in [-0.4, -0.2) is 199 Å². The molecule has 29 nitrogen and oxygen atoms in total. The Bertz CT molecular complexity index is 4120. The lowest BCUT2D eigenvalue weighted by atomic mass is 10.1. The summed E-state index contributed by atoms with van der Waals surface area (Å²) in [5, 5.41) is 19.1. The van der Waals surface area contributed by atoms with E-state index < -0.39 is 100.0 Å². The number of hydrogen-bond acceptors (Lipinski definition) is 21. The predicted molar refractivity (Wildman–Crippen MR) is 435 cm³/mol. The van der Waals surface area contributed by atoms with E-state index in [9.17, 15) is 33.6 Å². The van der Waals surface area contributed by atoms with Crippen LogP contribution in [0.3, 0.4) is 0 Å². The predicted octanol–water partition coefficient (Wildman–Crippen LogP) is 8.47. The maximum atomic E-state index is 16.8. The van der Waals surface area contributed by atoms with Crippen LogP contribution in [0.5, 0.6) is 0 Å². The van der Waals surface area contributed by atoms with Crippen LogP contribution in [0.2, 0.25) is 0 Å². The van der Waals surface area contributed by atoms with E-state index in [0.717, 1.165) is 0 Å². The zero-order valence-electron chi connectivity index (χ0n) is 65.1. The molecule has 8 aromatic rings. The Morgan fingerprint density at radius 1 is 0.381 bits per heavy atom. The fraction of sp³-hybridized carbons (Fsp3) is 0.420. The third kappa shape index (κ3) is 29.5. The second kappa shape index (κ2) is 46.1. The molecule has 0 amide bonds. The number of ether oxygens (including phenoxy) is 6. The van der Waals surface area contributed by atoms with Gasteiger partial charge in [0.1, 0.15) is 36.3 Å². The molecule has 0 spiro atoms. The zero-order chi connectivity index (χ0) is 81.0. The summed E-state index contributed by atoms with van der Waals surface area (Å²) in [6.07, 6.45) is 0.480. The minimum atomic E-state index is -4.37. The highest BCUT2D eigenvalue weighted by atomic mass is 31.2. The molecule has 113 heavy (non-hydrogen) atoms. The second-order valence-electron chi connectivity index (χ2n) is 26.9. The largest absolute Gasteiger partial charge is 0.465 e. The van der Waals surface area contributed by atoms with Gasteiger partial charge in [-0.25, -0.2) is 35.5 Å². The molecule has 6 aromatic carbocycles. The number of nitrogens with two attached hydrogens (primary N) is 1. The van der Waals surface area contributed by atoms with E-state index in [0.29, 0.717) is 33.4 Å². The van der Waals surface area contributed by atoms with Crippen molar-refractivity contribution in [1.29, 1.82) is 0 Å². The van der Waals surface area contributed by atoms with Crippen LogP contribution < -0.4 is 41.8 Å². The molecule has 0 saturated carbocycles. The van der Waals surface area contributed by atoms with Crippen molar-refractivity contribution in [2.75, 3.05) is 103 Å². The molecule has 6 atom stereocenters. The van der Waals surface area contributed by atoms with Gasteiger partial charge in [0, 0.05) is 64.3 Å². The second-order valence-corrected chi connectivity index (χ2v) is 34.2. The van der Waals surface area contributed by atoms with Crippen LogP contribution in [0.1, 0.15) is 74.9 Å². The molecule has 2 heterocycles. The fourth-order valence-corrected chi connectivity index (χ4v) is 19.7. The van der Waals surface area contributed by atoms with Gasteiger partial charge in [0.15, 0.2) is 11.2 Å². The summed E-state index contributed by atoms with van der Waals surface area (Å²) in [5.41, 5.74) is 9.92. The number of nitrogens with one attached hydrogen (secondary N) is 7. The maximum Gasteiger partial charge on any atom is 0.323 e. The van der Waals surface area contributed by atoms with Gasteiger partial charge in [0.05, 0.1) is 46.0 Å². The van der Waals surface area contributed by atoms with Crippen LogP contribution in [0.25, 0.3) is 11.2 Å². The van der Waals surface area contributed by atoms with Gasteiger partial charge in [0.25, 0.3) is 5.56 Å². The van der Waals surface area contributed by atoms with Crippen molar-refractivity contribution in [2.24, 2.45) is 0 Å². The van der Waals surface area contributed by atoms with E-state index >= 15 is 13.7 Å². The Balaban J connectivity index is 1.28. The highest BCUT2D eigenvalue weighted by molar-refractivity contribution is 7.60. The zero-order valence-corrected chi connectivity index (χ0v) is 67.8. The molecule has 0 bridgehead atoms. The lowest BCUT2D eigenvalue weighted by Crippen LogP contribution is -2.49. The average molecular weight is 1610 g/mol. The Morgan fingerprint density at radius 3 is 0.841 bits per heavy atom. The Kier molecular flexibility index (Phi) is 36.4. The van der Waals surface area contributed by atoms with Gasteiger partial charge in [-0.05, 0) is 113 Å². The number of aromatic nitrogens is 4. The van der Waals surface area contributed by atoms with Crippen molar-refractivity contribution >= 4 is 75.3 Å². The highest BCUT2D eigenvalue weighted by Crippen LogP contribution is 2.42. The first-order valence-electron chi connectivity index (χ1n) is 38.4. The molecular weight excluding hydrogens is 1500 g/mol. The number of H-pyrrole nitrogens is 1. The number of benzene rings is 6. The first kappa shape index (κ1) is 89.2. The third-order valence-corrected chi connectivity index (χ3v) is 25.2. The maximum absolute atomic E-state index is 16.8. The van der Waals surface area contributed by atoms with Crippen molar-refractivity contribution in [2.45, 2.75) is 123 Å². The number of fused-ring (bicyclic) bond motifs is 1. The molecule has 8 rings (SSSR count). The Labute approximate surface area is 660 Å². The molecule has 2 aromatic heterocycles. The van der Waals surface area contributed by atoms with Crippen molar-refractivity contribution in [1.82, 2.24) is 59.8 Å². The molecular formula is C81H108N13O16P3. The van der Waals surface area contributed by atoms with Gasteiger partial charge < -0.3 is 43.6 Å². The van der Waals surface area contributed by atoms with Crippen molar-refractivity contribution in [3.63, 3.8) is 0 Å². The summed E-state index contributed by atoms with van der Waals surface area (Å²) in [6.45, 7) is 9.51. The van der Waals surface area contributed by atoms with E-state index in [1.165, 1.54) is 6.33 Å². The minimum absolute atomic E-state index is 0.00161. The summed E-state index contributed by atoms with van der Waals surface area (Å²) in [6, 6.07) is 46.9. The number of imidazole rings is 1. The lowest BCUT2D eigenvalue weighted by molar-refractivity contribution is -0.146. The Hall–Kier alpha value is -9.34. The first-order chi connectivity index (χ1) is 54.5. The number of nitrogens with zero attached hydrogens (tertiary/aromatic N) is 5. The van der Waals surface area contributed by atoms with Gasteiger partial charge in [0.2, 0.25) is 28.3 Å². The molecule has 0 aliphatic heterocycles. The molecule has 608 valence electrons. The van der Waals surface area contributed by atoms with Gasteiger partial charge in [-0.2, -0.15) is 4.98 Å².